The molecule has 0 atom stereocenters. The number of benzene rings is 2. The van der Waals surface area contributed by atoms with Crippen molar-refractivity contribution in [1.29, 1.82) is 0 Å². The summed E-state index contributed by atoms with van der Waals surface area (Å²) in [6.07, 6.45) is 4.00. The number of carbonyl (C=O) groups is 1. The smallest absolute Gasteiger partial charge is 0.295 e. The highest BCUT2D eigenvalue weighted by Gasteiger charge is 2.19. The highest BCUT2D eigenvalue weighted by atomic mass is 32.2. The molecule has 12 heteroatoms. The molecular formula is C19H18N6O5S. The van der Waals surface area contributed by atoms with Crippen LogP contribution in [-0.2, 0) is 15.8 Å². The Bertz CT molecular complexity index is 1210. The average Bonchev–Trinajstić information content (AvgIpc) is 3.28. The van der Waals surface area contributed by atoms with E-state index >= 15 is 0 Å². The maximum Gasteiger partial charge on any atom is 0.295 e. The third-order valence-corrected chi connectivity index (χ3v) is 5.44. The van der Waals surface area contributed by atoms with Gasteiger partial charge in [-0.15, -0.1) is 6.58 Å². The first-order chi connectivity index (χ1) is 14.8. The van der Waals surface area contributed by atoms with Gasteiger partial charge in [-0.25, -0.2) is 22.8 Å². The summed E-state index contributed by atoms with van der Waals surface area (Å²) in [5.74, 6) is -0.772. The highest BCUT2D eigenvalue weighted by Crippen LogP contribution is 2.24. The molecule has 0 fully saturated rings. The summed E-state index contributed by atoms with van der Waals surface area (Å²) >= 11 is 0. The molecule has 1 amide bonds. The van der Waals surface area contributed by atoms with E-state index in [0.717, 1.165) is 6.07 Å². The Morgan fingerprint density at radius 3 is 2.58 bits per heavy atom. The summed E-state index contributed by atoms with van der Waals surface area (Å²) in [5.41, 5.74) is 0.895. The summed E-state index contributed by atoms with van der Waals surface area (Å²) in [7, 11) is -3.50. The molecule has 160 valence electrons. The van der Waals surface area contributed by atoms with Crippen LogP contribution in [0.1, 0.15) is 15.9 Å². The average molecular weight is 442 g/mol. The number of nitro benzene ring substituents is 1. The summed E-state index contributed by atoms with van der Waals surface area (Å²) < 4.78 is 27.4. The van der Waals surface area contributed by atoms with Crippen LogP contribution in [0.25, 0.3) is 5.69 Å². The van der Waals surface area contributed by atoms with Gasteiger partial charge in [0.15, 0.2) is 0 Å². The number of nitrogens with zero attached hydrogens (tertiary/aromatic N) is 4. The van der Waals surface area contributed by atoms with Crippen molar-refractivity contribution in [3.8, 4) is 5.69 Å². The zero-order chi connectivity index (χ0) is 22.4. The van der Waals surface area contributed by atoms with Crippen molar-refractivity contribution in [3.63, 3.8) is 0 Å². The predicted octanol–water partition coefficient (Wildman–Crippen LogP) is 2.03. The second-order valence-corrected chi connectivity index (χ2v) is 8.15. The van der Waals surface area contributed by atoms with E-state index in [1.54, 1.807) is 24.3 Å². The molecule has 0 aliphatic carbocycles. The van der Waals surface area contributed by atoms with Gasteiger partial charge in [0.1, 0.15) is 18.3 Å². The lowest BCUT2D eigenvalue weighted by Gasteiger charge is -2.09. The molecule has 31 heavy (non-hydrogen) atoms. The Morgan fingerprint density at radius 1 is 1.23 bits per heavy atom. The first kappa shape index (κ1) is 21.8. The third-order valence-electron chi connectivity index (χ3n) is 4.12. The van der Waals surface area contributed by atoms with Gasteiger partial charge in [0.05, 0.1) is 10.7 Å². The van der Waals surface area contributed by atoms with Crippen molar-refractivity contribution in [2.24, 2.45) is 0 Å². The number of hydrogen-bond donors (Lipinski definition) is 2. The van der Waals surface area contributed by atoms with Gasteiger partial charge < -0.3 is 5.32 Å². The minimum atomic E-state index is -3.50. The van der Waals surface area contributed by atoms with Crippen LogP contribution in [0.3, 0.4) is 0 Å². The van der Waals surface area contributed by atoms with Gasteiger partial charge in [0.2, 0.25) is 10.0 Å². The van der Waals surface area contributed by atoms with Gasteiger partial charge in [-0.1, -0.05) is 18.2 Å². The molecule has 0 saturated heterocycles. The summed E-state index contributed by atoms with van der Waals surface area (Å²) in [5, 5.41) is 17.9. The predicted molar refractivity (Wildman–Crippen MR) is 113 cm³/mol. The fraction of sp³-hybridized carbons (Fsp3) is 0.105. The van der Waals surface area contributed by atoms with Crippen molar-refractivity contribution in [1.82, 2.24) is 19.5 Å². The summed E-state index contributed by atoms with van der Waals surface area (Å²) in [4.78, 5) is 27.1. The minimum Gasteiger partial charge on any atom is -0.322 e. The van der Waals surface area contributed by atoms with E-state index in [2.05, 4.69) is 26.7 Å². The molecule has 0 radical (unpaired) electrons. The van der Waals surface area contributed by atoms with Crippen LogP contribution in [0, 0.1) is 10.1 Å². The topological polar surface area (TPSA) is 149 Å². The second-order valence-electron chi connectivity index (χ2n) is 6.35. The van der Waals surface area contributed by atoms with Crippen LogP contribution >= 0.6 is 0 Å². The Labute approximate surface area is 177 Å². The van der Waals surface area contributed by atoms with Crippen LogP contribution in [0.5, 0.6) is 0 Å². The van der Waals surface area contributed by atoms with Crippen molar-refractivity contribution < 1.29 is 18.1 Å². The van der Waals surface area contributed by atoms with Crippen molar-refractivity contribution in [2.75, 3.05) is 11.9 Å². The van der Waals surface area contributed by atoms with E-state index < -0.39 is 20.9 Å². The Balaban J connectivity index is 1.73. The van der Waals surface area contributed by atoms with E-state index in [1.165, 1.54) is 35.5 Å². The van der Waals surface area contributed by atoms with Gasteiger partial charge in [0.25, 0.3) is 11.6 Å². The van der Waals surface area contributed by atoms with Gasteiger partial charge in [-0.3, -0.25) is 14.9 Å². The molecule has 3 aromatic rings. The van der Waals surface area contributed by atoms with E-state index in [9.17, 15) is 23.3 Å². The van der Waals surface area contributed by atoms with E-state index in [-0.39, 0.29) is 29.2 Å². The minimum absolute atomic E-state index is 0.0795. The monoisotopic (exact) mass is 442 g/mol. The maximum absolute atomic E-state index is 12.5. The molecule has 0 aliphatic rings. The number of nitro groups is 1. The molecule has 11 nitrogen and oxygen atoms in total. The molecule has 2 N–H and O–H groups in total. The summed E-state index contributed by atoms with van der Waals surface area (Å²) in [6, 6.07) is 10.2. The van der Waals surface area contributed by atoms with Crippen molar-refractivity contribution in [3.05, 3.63) is 89.0 Å². The van der Waals surface area contributed by atoms with E-state index in [1.807, 2.05) is 0 Å². The van der Waals surface area contributed by atoms with Crippen LogP contribution < -0.4 is 10.0 Å². The first-order valence-electron chi connectivity index (χ1n) is 8.91. The number of amides is 1. The number of nitrogens with one attached hydrogen (secondary N) is 2. The molecule has 0 spiro atoms. The number of hydrogen-bond acceptors (Lipinski definition) is 7. The molecule has 2 aromatic carbocycles. The van der Waals surface area contributed by atoms with Gasteiger partial charge in [-0.05, 0) is 29.8 Å². The fourth-order valence-electron chi connectivity index (χ4n) is 2.68. The van der Waals surface area contributed by atoms with Crippen molar-refractivity contribution in [2.45, 2.75) is 5.75 Å². The molecule has 0 saturated carbocycles. The first-order valence-corrected chi connectivity index (χ1v) is 10.6. The number of rotatable bonds is 9. The zero-order valence-electron chi connectivity index (χ0n) is 16.1. The van der Waals surface area contributed by atoms with Gasteiger partial charge in [0, 0.05) is 23.9 Å². The Morgan fingerprint density at radius 2 is 1.97 bits per heavy atom. The molecule has 3 rings (SSSR count). The van der Waals surface area contributed by atoms with Crippen molar-refractivity contribution >= 4 is 27.3 Å². The Hall–Kier alpha value is -3.90. The molecule has 0 aliphatic heterocycles. The number of aromatic nitrogens is 3. The molecule has 0 bridgehead atoms. The van der Waals surface area contributed by atoms with E-state index in [0.29, 0.717) is 11.3 Å². The van der Waals surface area contributed by atoms with Gasteiger partial charge in [-0.2, -0.15) is 5.10 Å². The largest absolute Gasteiger partial charge is 0.322 e. The lowest BCUT2D eigenvalue weighted by molar-refractivity contribution is -0.384. The van der Waals surface area contributed by atoms with Crippen LogP contribution in [-0.4, -0.2) is 40.6 Å². The fourth-order valence-corrected chi connectivity index (χ4v) is 3.79. The maximum atomic E-state index is 12.5. The highest BCUT2D eigenvalue weighted by molar-refractivity contribution is 7.88. The molecular weight excluding hydrogens is 424 g/mol. The van der Waals surface area contributed by atoms with E-state index in [4.69, 9.17) is 0 Å². The quantitative estimate of drug-likeness (QED) is 0.292. The molecule has 0 unspecified atom stereocenters. The number of sulfonamides is 1. The lowest BCUT2D eigenvalue weighted by Crippen LogP contribution is -2.25. The third kappa shape index (κ3) is 5.58. The van der Waals surface area contributed by atoms with Crippen LogP contribution in [0.15, 0.2) is 67.8 Å². The lowest BCUT2D eigenvalue weighted by atomic mass is 10.1. The standard InChI is InChI=1S/C19H18N6O5S/c1-2-9-22-31(29,30)11-14-3-6-16(7-4-14)23-19(26)15-5-8-17(18(10-15)25(27)28)24-13-20-12-21-24/h2-8,10,12-13,22H,1,9,11H2,(H,23,26). The number of anilines is 1. The van der Waals surface area contributed by atoms with Crippen LogP contribution in [0.2, 0.25) is 0 Å². The summed E-state index contributed by atoms with van der Waals surface area (Å²) in [6.45, 7) is 3.59. The SMILES string of the molecule is C=CCNS(=O)(=O)Cc1ccc(NC(=O)c2ccc(-n3cncn3)c([N+](=O)[O-])c2)cc1. The molecule has 1 heterocycles. The Kier molecular flexibility index (Phi) is 6.52. The second kappa shape index (κ2) is 9.28. The number of carbonyl (C=O) groups excluding carboxylic acids is 1. The zero-order valence-corrected chi connectivity index (χ0v) is 16.9. The normalized spacial score (nSPS) is 11.1. The van der Waals surface area contributed by atoms with Gasteiger partial charge >= 0.3 is 0 Å². The van der Waals surface area contributed by atoms with Crippen LogP contribution in [0.4, 0.5) is 11.4 Å². The molecule has 1 aromatic heterocycles.